The Bertz CT molecular complexity index is 478. The molecule has 15 heavy (non-hydrogen) atoms. The van der Waals surface area contributed by atoms with Gasteiger partial charge in [-0.1, -0.05) is 0 Å². The third kappa shape index (κ3) is 1.98. The van der Waals surface area contributed by atoms with Gasteiger partial charge in [-0.3, -0.25) is 5.43 Å². The number of rotatable bonds is 2. The Morgan fingerprint density at radius 1 is 1.40 bits per heavy atom. The summed E-state index contributed by atoms with van der Waals surface area (Å²) in [5, 5.41) is 0. The lowest BCUT2D eigenvalue weighted by Gasteiger charge is -2.01. The summed E-state index contributed by atoms with van der Waals surface area (Å²) in [5.74, 6) is 5.71. The van der Waals surface area contributed by atoms with Crippen LogP contribution in [-0.2, 0) is 0 Å². The van der Waals surface area contributed by atoms with Crippen LogP contribution in [0.15, 0.2) is 18.3 Å². The third-order valence-electron chi connectivity index (χ3n) is 2.10. The van der Waals surface area contributed by atoms with E-state index in [4.69, 9.17) is 5.84 Å². The van der Waals surface area contributed by atoms with Crippen molar-refractivity contribution < 1.29 is 0 Å². The van der Waals surface area contributed by atoms with Crippen LogP contribution in [0, 0.1) is 13.8 Å². The van der Waals surface area contributed by atoms with E-state index < -0.39 is 0 Å². The van der Waals surface area contributed by atoms with Crippen molar-refractivity contribution >= 4 is 17.3 Å². The third-order valence-corrected chi connectivity index (χ3v) is 3.07. The predicted molar refractivity (Wildman–Crippen MR) is 62.6 cm³/mol. The van der Waals surface area contributed by atoms with E-state index in [9.17, 15) is 0 Å². The van der Waals surface area contributed by atoms with Gasteiger partial charge >= 0.3 is 0 Å². The second kappa shape index (κ2) is 3.96. The standard InChI is InChI=1S/C10H12N4S/c1-6-5-8(7(2)15-6)9-3-4-12-10(13-9)14-11/h3-5H,11H2,1-2H3,(H,12,13,14). The molecule has 2 aromatic heterocycles. The van der Waals surface area contributed by atoms with Crippen molar-refractivity contribution in [3.05, 3.63) is 28.1 Å². The summed E-state index contributed by atoms with van der Waals surface area (Å²) in [6.45, 7) is 4.18. The first-order valence-corrected chi connectivity index (χ1v) is 5.39. The molecule has 0 fully saturated rings. The number of thiophene rings is 1. The Balaban J connectivity index is 2.49. The first-order valence-electron chi connectivity index (χ1n) is 4.58. The highest BCUT2D eigenvalue weighted by atomic mass is 32.1. The zero-order valence-electron chi connectivity index (χ0n) is 8.61. The molecule has 0 saturated heterocycles. The van der Waals surface area contributed by atoms with E-state index in [2.05, 4.69) is 35.3 Å². The lowest BCUT2D eigenvalue weighted by atomic mass is 10.2. The number of hydrogen-bond acceptors (Lipinski definition) is 5. The summed E-state index contributed by atoms with van der Waals surface area (Å²) in [4.78, 5) is 10.8. The number of nitrogens with two attached hydrogens (primary N) is 1. The average Bonchev–Trinajstić information content (AvgIpc) is 2.58. The fourth-order valence-electron chi connectivity index (χ4n) is 1.46. The Labute approximate surface area is 92.2 Å². The Kier molecular flexibility index (Phi) is 2.66. The molecule has 0 bridgehead atoms. The number of nitrogens with one attached hydrogen (secondary N) is 1. The molecule has 0 radical (unpaired) electrons. The van der Waals surface area contributed by atoms with Gasteiger partial charge in [-0.15, -0.1) is 11.3 Å². The van der Waals surface area contributed by atoms with Crippen LogP contribution in [0.1, 0.15) is 9.75 Å². The molecule has 0 saturated carbocycles. The minimum Gasteiger partial charge on any atom is -0.292 e. The highest BCUT2D eigenvalue weighted by molar-refractivity contribution is 7.12. The lowest BCUT2D eigenvalue weighted by Crippen LogP contribution is -2.10. The number of hydrazine groups is 1. The highest BCUT2D eigenvalue weighted by Crippen LogP contribution is 2.29. The van der Waals surface area contributed by atoms with Gasteiger partial charge in [0.25, 0.3) is 0 Å². The molecule has 0 atom stereocenters. The second-order valence-corrected chi connectivity index (χ2v) is 4.70. The van der Waals surface area contributed by atoms with Gasteiger partial charge in [0.1, 0.15) is 0 Å². The van der Waals surface area contributed by atoms with Gasteiger partial charge in [0.15, 0.2) is 0 Å². The monoisotopic (exact) mass is 220 g/mol. The Hall–Kier alpha value is -1.46. The number of aryl methyl sites for hydroxylation is 2. The van der Waals surface area contributed by atoms with E-state index in [0.29, 0.717) is 5.95 Å². The van der Waals surface area contributed by atoms with Gasteiger partial charge in [-0.25, -0.2) is 15.8 Å². The average molecular weight is 220 g/mol. The summed E-state index contributed by atoms with van der Waals surface area (Å²) in [6.07, 6.45) is 1.70. The highest BCUT2D eigenvalue weighted by Gasteiger charge is 2.07. The zero-order valence-corrected chi connectivity index (χ0v) is 9.43. The maximum atomic E-state index is 5.27. The first kappa shape index (κ1) is 10.1. The molecule has 0 aliphatic heterocycles. The number of nitrogens with zero attached hydrogens (tertiary/aromatic N) is 2. The summed E-state index contributed by atoms with van der Waals surface area (Å²) in [7, 11) is 0. The van der Waals surface area contributed by atoms with E-state index >= 15 is 0 Å². The van der Waals surface area contributed by atoms with Gasteiger partial charge in [0.2, 0.25) is 5.95 Å². The summed E-state index contributed by atoms with van der Waals surface area (Å²) >= 11 is 1.77. The van der Waals surface area contributed by atoms with E-state index in [1.165, 1.54) is 9.75 Å². The van der Waals surface area contributed by atoms with Gasteiger partial charge in [-0.2, -0.15) is 0 Å². The largest absolute Gasteiger partial charge is 0.292 e. The lowest BCUT2D eigenvalue weighted by molar-refractivity contribution is 1.12. The van der Waals surface area contributed by atoms with E-state index in [-0.39, 0.29) is 0 Å². The normalized spacial score (nSPS) is 10.3. The van der Waals surface area contributed by atoms with Crippen molar-refractivity contribution in [3.63, 3.8) is 0 Å². The Morgan fingerprint density at radius 3 is 2.80 bits per heavy atom. The minimum atomic E-state index is 0.441. The molecule has 0 aliphatic rings. The summed E-state index contributed by atoms with van der Waals surface area (Å²) in [5.41, 5.74) is 4.50. The number of hydrogen-bond donors (Lipinski definition) is 2. The van der Waals surface area contributed by atoms with Crippen LogP contribution in [0.5, 0.6) is 0 Å². The number of anilines is 1. The zero-order chi connectivity index (χ0) is 10.8. The molecule has 0 aliphatic carbocycles. The maximum absolute atomic E-state index is 5.27. The van der Waals surface area contributed by atoms with Crippen LogP contribution in [0.4, 0.5) is 5.95 Å². The fourth-order valence-corrected chi connectivity index (χ4v) is 2.40. The van der Waals surface area contributed by atoms with Crippen LogP contribution in [0.2, 0.25) is 0 Å². The van der Waals surface area contributed by atoms with Crippen molar-refractivity contribution in [2.75, 3.05) is 5.43 Å². The maximum Gasteiger partial charge on any atom is 0.237 e. The van der Waals surface area contributed by atoms with E-state index in [1.54, 1.807) is 17.5 Å². The van der Waals surface area contributed by atoms with E-state index in [0.717, 1.165) is 11.3 Å². The van der Waals surface area contributed by atoms with Crippen molar-refractivity contribution in [2.24, 2.45) is 5.84 Å². The van der Waals surface area contributed by atoms with Crippen molar-refractivity contribution in [3.8, 4) is 11.3 Å². The molecular formula is C10H12N4S. The second-order valence-electron chi connectivity index (χ2n) is 3.24. The molecule has 2 aromatic rings. The first-order chi connectivity index (χ1) is 7.20. The summed E-state index contributed by atoms with van der Waals surface area (Å²) in [6, 6.07) is 4.01. The van der Waals surface area contributed by atoms with Crippen LogP contribution >= 0.6 is 11.3 Å². The van der Waals surface area contributed by atoms with Gasteiger partial charge in [0, 0.05) is 21.5 Å². The molecule has 0 amide bonds. The van der Waals surface area contributed by atoms with Gasteiger partial charge < -0.3 is 0 Å². The molecular weight excluding hydrogens is 208 g/mol. The molecule has 2 heterocycles. The topological polar surface area (TPSA) is 63.8 Å². The molecule has 0 spiro atoms. The van der Waals surface area contributed by atoms with Gasteiger partial charge in [0.05, 0.1) is 5.69 Å². The van der Waals surface area contributed by atoms with E-state index in [1.807, 2.05) is 6.07 Å². The minimum absolute atomic E-state index is 0.441. The fraction of sp³-hybridized carbons (Fsp3) is 0.200. The van der Waals surface area contributed by atoms with Crippen LogP contribution in [-0.4, -0.2) is 9.97 Å². The SMILES string of the molecule is Cc1cc(-c2ccnc(NN)n2)c(C)s1. The molecule has 2 rings (SSSR count). The van der Waals surface area contributed by atoms with Crippen LogP contribution in [0.3, 0.4) is 0 Å². The number of nitrogen functional groups attached to an aromatic ring is 1. The van der Waals surface area contributed by atoms with Crippen LogP contribution in [0.25, 0.3) is 11.3 Å². The molecule has 4 nitrogen and oxygen atoms in total. The molecule has 3 N–H and O–H groups in total. The number of aromatic nitrogens is 2. The van der Waals surface area contributed by atoms with Gasteiger partial charge in [-0.05, 0) is 26.0 Å². The Morgan fingerprint density at radius 2 is 2.20 bits per heavy atom. The quantitative estimate of drug-likeness (QED) is 0.601. The molecule has 0 unspecified atom stereocenters. The predicted octanol–water partition coefficient (Wildman–Crippen LogP) is 2.11. The molecule has 0 aromatic carbocycles. The molecule has 78 valence electrons. The molecule has 5 heteroatoms. The van der Waals surface area contributed by atoms with Crippen LogP contribution < -0.4 is 11.3 Å². The summed E-state index contributed by atoms with van der Waals surface area (Å²) < 4.78 is 0. The van der Waals surface area contributed by atoms with Crippen molar-refractivity contribution in [1.82, 2.24) is 9.97 Å². The van der Waals surface area contributed by atoms with Crippen molar-refractivity contribution in [2.45, 2.75) is 13.8 Å². The smallest absolute Gasteiger partial charge is 0.237 e. The van der Waals surface area contributed by atoms with Crippen molar-refractivity contribution in [1.29, 1.82) is 0 Å².